The number of anilines is 1. The molecule has 2 rings (SSSR count). The molecule has 0 unspecified atom stereocenters. The molecule has 19 heavy (non-hydrogen) atoms. The third kappa shape index (κ3) is 3.65. The number of β-amino-alcohol motifs (C(OH)–C–C–N with tert-alkyl or cyclic N) is 1. The zero-order valence-corrected chi connectivity index (χ0v) is 11.2. The molecule has 0 aromatic carbocycles. The maximum atomic E-state index is 12.1. The lowest BCUT2D eigenvalue weighted by atomic mass is 10.2. The molecule has 2 heterocycles. The molecule has 1 saturated heterocycles. The van der Waals surface area contributed by atoms with Gasteiger partial charge in [0.2, 0.25) is 0 Å². The van der Waals surface area contributed by atoms with Gasteiger partial charge in [0, 0.05) is 50.8 Å². The Balaban J connectivity index is 1.87. The van der Waals surface area contributed by atoms with Gasteiger partial charge in [-0.2, -0.15) is 0 Å². The Kier molecular flexibility index (Phi) is 4.70. The SMILES string of the molecule is Cc1cnccc1NC(=O)N1CCN(CCO)CC1. The molecule has 0 atom stereocenters. The Morgan fingerprint density at radius 3 is 2.79 bits per heavy atom. The van der Waals surface area contributed by atoms with Crippen LogP contribution in [0.25, 0.3) is 0 Å². The third-order valence-electron chi connectivity index (χ3n) is 3.34. The molecule has 0 spiro atoms. The third-order valence-corrected chi connectivity index (χ3v) is 3.34. The van der Waals surface area contributed by atoms with Crippen LogP contribution in [0.5, 0.6) is 0 Å². The van der Waals surface area contributed by atoms with Crippen molar-refractivity contribution in [2.75, 3.05) is 44.6 Å². The number of urea groups is 1. The van der Waals surface area contributed by atoms with Crippen molar-refractivity contribution in [3.63, 3.8) is 0 Å². The molecular formula is C13H20N4O2. The van der Waals surface area contributed by atoms with E-state index >= 15 is 0 Å². The summed E-state index contributed by atoms with van der Waals surface area (Å²) in [6, 6.07) is 1.73. The summed E-state index contributed by atoms with van der Waals surface area (Å²) in [5.41, 5.74) is 1.76. The molecule has 1 aromatic rings. The van der Waals surface area contributed by atoms with Crippen molar-refractivity contribution in [1.29, 1.82) is 0 Å². The number of aromatic nitrogens is 1. The second-order valence-electron chi connectivity index (χ2n) is 4.67. The molecule has 1 fully saturated rings. The Hall–Kier alpha value is -1.66. The summed E-state index contributed by atoms with van der Waals surface area (Å²) < 4.78 is 0. The average Bonchev–Trinajstić information content (AvgIpc) is 2.42. The summed E-state index contributed by atoms with van der Waals surface area (Å²) in [5.74, 6) is 0. The van der Waals surface area contributed by atoms with Crippen molar-refractivity contribution in [1.82, 2.24) is 14.8 Å². The van der Waals surface area contributed by atoms with Crippen LogP contribution in [0.1, 0.15) is 5.56 Å². The zero-order valence-electron chi connectivity index (χ0n) is 11.2. The largest absolute Gasteiger partial charge is 0.395 e. The van der Waals surface area contributed by atoms with Gasteiger partial charge in [0.15, 0.2) is 0 Å². The standard InChI is InChI=1S/C13H20N4O2/c1-11-10-14-3-2-12(11)15-13(19)17-6-4-16(5-7-17)8-9-18/h2-3,10,18H,4-9H2,1H3,(H,14,15,19). The van der Waals surface area contributed by atoms with Crippen LogP contribution in [0, 0.1) is 6.92 Å². The van der Waals surface area contributed by atoms with Gasteiger partial charge in [0.1, 0.15) is 0 Å². The molecule has 1 aromatic heterocycles. The highest BCUT2D eigenvalue weighted by Gasteiger charge is 2.20. The first-order chi connectivity index (χ1) is 9.20. The second kappa shape index (κ2) is 6.49. The van der Waals surface area contributed by atoms with E-state index in [0.29, 0.717) is 19.6 Å². The van der Waals surface area contributed by atoms with Crippen LogP contribution in [-0.4, -0.2) is 65.3 Å². The van der Waals surface area contributed by atoms with Crippen molar-refractivity contribution in [2.24, 2.45) is 0 Å². The lowest BCUT2D eigenvalue weighted by Crippen LogP contribution is -2.50. The van der Waals surface area contributed by atoms with Crippen LogP contribution in [0.3, 0.4) is 0 Å². The minimum absolute atomic E-state index is 0.0713. The maximum absolute atomic E-state index is 12.1. The number of rotatable bonds is 3. The van der Waals surface area contributed by atoms with E-state index < -0.39 is 0 Å². The number of pyridine rings is 1. The van der Waals surface area contributed by atoms with Gasteiger partial charge in [-0.25, -0.2) is 4.79 Å². The predicted octanol–water partition coefficient (Wildman–Crippen LogP) is 0.532. The number of nitrogens with one attached hydrogen (secondary N) is 1. The van der Waals surface area contributed by atoms with Crippen LogP contribution in [0.15, 0.2) is 18.5 Å². The molecule has 2 amide bonds. The van der Waals surface area contributed by atoms with Gasteiger partial charge in [0.25, 0.3) is 0 Å². The van der Waals surface area contributed by atoms with Gasteiger partial charge in [0.05, 0.1) is 6.61 Å². The molecule has 1 aliphatic heterocycles. The topological polar surface area (TPSA) is 68.7 Å². The molecule has 0 saturated carbocycles. The fourth-order valence-corrected chi connectivity index (χ4v) is 2.12. The monoisotopic (exact) mass is 264 g/mol. The molecule has 0 bridgehead atoms. The van der Waals surface area contributed by atoms with E-state index in [1.807, 2.05) is 6.92 Å². The van der Waals surface area contributed by atoms with Crippen LogP contribution < -0.4 is 5.32 Å². The zero-order chi connectivity index (χ0) is 13.7. The average molecular weight is 264 g/mol. The fraction of sp³-hybridized carbons (Fsp3) is 0.538. The van der Waals surface area contributed by atoms with Crippen molar-refractivity contribution in [3.8, 4) is 0 Å². The Morgan fingerprint density at radius 2 is 2.16 bits per heavy atom. The van der Waals surface area contributed by atoms with E-state index in [2.05, 4.69) is 15.2 Å². The summed E-state index contributed by atoms with van der Waals surface area (Å²) in [5, 5.41) is 11.8. The Labute approximate surface area is 113 Å². The van der Waals surface area contributed by atoms with E-state index in [9.17, 15) is 4.79 Å². The van der Waals surface area contributed by atoms with Crippen LogP contribution in [0.4, 0.5) is 10.5 Å². The summed E-state index contributed by atoms with van der Waals surface area (Å²) in [6.45, 7) is 5.77. The number of carbonyl (C=O) groups excluding carboxylic acids is 1. The number of aliphatic hydroxyl groups is 1. The first-order valence-corrected chi connectivity index (χ1v) is 6.50. The van der Waals surface area contributed by atoms with Gasteiger partial charge in [-0.05, 0) is 18.6 Å². The van der Waals surface area contributed by atoms with Crippen molar-refractivity contribution < 1.29 is 9.90 Å². The first kappa shape index (κ1) is 13.8. The molecule has 6 heteroatoms. The van der Waals surface area contributed by atoms with Crippen LogP contribution in [0.2, 0.25) is 0 Å². The van der Waals surface area contributed by atoms with E-state index in [1.54, 1.807) is 23.4 Å². The molecule has 0 aliphatic carbocycles. The minimum atomic E-state index is -0.0713. The van der Waals surface area contributed by atoms with Crippen molar-refractivity contribution >= 4 is 11.7 Å². The highest BCUT2D eigenvalue weighted by atomic mass is 16.3. The highest BCUT2D eigenvalue weighted by molar-refractivity contribution is 5.90. The fourth-order valence-electron chi connectivity index (χ4n) is 2.12. The van der Waals surface area contributed by atoms with Gasteiger partial charge in [-0.3, -0.25) is 9.88 Å². The number of aliphatic hydroxyl groups excluding tert-OH is 1. The molecular weight excluding hydrogens is 244 g/mol. The lowest BCUT2D eigenvalue weighted by Gasteiger charge is -2.34. The van der Waals surface area contributed by atoms with Gasteiger partial charge in [-0.1, -0.05) is 0 Å². The van der Waals surface area contributed by atoms with Crippen molar-refractivity contribution in [3.05, 3.63) is 24.0 Å². The van der Waals surface area contributed by atoms with Gasteiger partial charge in [-0.15, -0.1) is 0 Å². The molecule has 1 aliphatic rings. The maximum Gasteiger partial charge on any atom is 0.321 e. The smallest absolute Gasteiger partial charge is 0.321 e. The van der Waals surface area contributed by atoms with E-state index in [-0.39, 0.29) is 12.6 Å². The van der Waals surface area contributed by atoms with E-state index in [0.717, 1.165) is 24.3 Å². The van der Waals surface area contributed by atoms with Gasteiger partial charge < -0.3 is 15.3 Å². The van der Waals surface area contributed by atoms with Crippen LogP contribution in [-0.2, 0) is 0 Å². The number of amides is 2. The quantitative estimate of drug-likeness (QED) is 0.835. The number of hydrogen-bond acceptors (Lipinski definition) is 4. The lowest BCUT2D eigenvalue weighted by molar-refractivity contribution is 0.127. The predicted molar refractivity (Wildman–Crippen MR) is 73.1 cm³/mol. The summed E-state index contributed by atoms with van der Waals surface area (Å²) >= 11 is 0. The first-order valence-electron chi connectivity index (χ1n) is 6.50. The number of nitrogens with zero attached hydrogens (tertiary/aromatic N) is 3. The summed E-state index contributed by atoms with van der Waals surface area (Å²) in [4.78, 5) is 20.1. The minimum Gasteiger partial charge on any atom is -0.395 e. The highest BCUT2D eigenvalue weighted by Crippen LogP contribution is 2.13. The van der Waals surface area contributed by atoms with Crippen molar-refractivity contribution in [2.45, 2.75) is 6.92 Å². The molecule has 6 nitrogen and oxygen atoms in total. The number of hydrogen-bond donors (Lipinski definition) is 2. The Morgan fingerprint density at radius 1 is 1.42 bits per heavy atom. The number of aryl methyl sites for hydroxylation is 1. The summed E-state index contributed by atoms with van der Waals surface area (Å²) in [7, 11) is 0. The summed E-state index contributed by atoms with van der Waals surface area (Å²) in [6.07, 6.45) is 3.40. The number of piperazine rings is 1. The van der Waals surface area contributed by atoms with Crippen LogP contribution >= 0.6 is 0 Å². The van der Waals surface area contributed by atoms with Gasteiger partial charge >= 0.3 is 6.03 Å². The second-order valence-corrected chi connectivity index (χ2v) is 4.67. The van der Waals surface area contributed by atoms with E-state index in [1.165, 1.54) is 0 Å². The Bertz CT molecular complexity index is 430. The normalized spacial score (nSPS) is 16.4. The molecule has 104 valence electrons. The molecule has 2 N–H and O–H groups in total. The number of carbonyl (C=O) groups is 1. The molecule has 0 radical (unpaired) electrons. The van der Waals surface area contributed by atoms with E-state index in [4.69, 9.17) is 5.11 Å².